The molecule has 8 nitrogen and oxygen atoms in total. The van der Waals surface area contributed by atoms with E-state index in [0.29, 0.717) is 12.8 Å². The van der Waals surface area contributed by atoms with Gasteiger partial charge < -0.3 is 23.8 Å². The molecule has 0 fully saturated rings. The number of ether oxygens (including phenoxy) is 3. The number of quaternary nitrogens is 1. The van der Waals surface area contributed by atoms with Gasteiger partial charge in [0.2, 0.25) is 0 Å². The summed E-state index contributed by atoms with van der Waals surface area (Å²) in [6, 6.07) is -0.629. The minimum Gasteiger partial charge on any atom is -0.477 e. The predicted molar refractivity (Wildman–Crippen MR) is 233 cm³/mol. The molecule has 0 aliphatic carbocycles. The summed E-state index contributed by atoms with van der Waals surface area (Å²) in [6.45, 7) is 4.45. The van der Waals surface area contributed by atoms with Gasteiger partial charge in [-0.25, -0.2) is 4.79 Å². The van der Waals surface area contributed by atoms with Crippen LogP contribution >= 0.6 is 0 Å². The number of carbonyl (C=O) groups excluding carboxylic acids is 2. The maximum absolute atomic E-state index is 12.7. The number of esters is 2. The largest absolute Gasteiger partial charge is 0.477 e. The third-order valence-electron chi connectivity index (χ3n) is 8.83. The van der Waals surface area contributed by atoms with Crippen LogP contribution < -0.4 is 0 Å². The molecule has 2 unspecified atom stereocenters. The second kappa shape index (κ2) is 38.1. The van der Waals surface area contributed by atoms with Crippen LogP contribution in [0.1, 0.15) is 136 Å². The minimum atomic E-state index is -0.888. The van der Waals surface area contributed by atoms with Crippen LogP contribution in [0.25, 0.3) is 0 Å². The summed E-state index contributed by atoms with van der Waals surface area (Å²) < 4.78 is 17.2. The highest BCUT2D eigenvalue weighted by Crippen LogP contribution is 2.12. The third kappa shape index (κ3) is 35.9. The number of carboxylic acid groups (broad SMARTS) is 1. The van der Waals surface area contributed by atoms with Crippen molar-refractivity contribution in [2.45, 2.75) is 148 Å². The standard InChI is InChI=1S/C48H77NO7/c1-6-8-10-12-14-16-18-20-22-23-24-25-27-29-31-33-35-37-39-47(51)56-44(42-54-41-40-45(48(52)53)49(3,4)5)43-55-46(50)38-36-34-32-30-28-26-21-19-17-15-13-11-9-7-2/h9-12,14-18,20-26,44-45H,6-8,13,19,27-43H2,1-5H3/p+1/b11-9+,12-10+,16-14+,17-15+,20-18+,23-22+,25-24+,26-21+. The zero-order valence-corrected chi connectivity index (χ0v) is 35.8. The van der Waals surface area contributed by atoms with Crippen molar-refractivity contribution in [2.75, 3.05) is 41.0 Å². The molecule has 0 saturated heterocycles. The summed E-state index contributed by atoms with van der Waals surface area (Å²) in [7, 11) is 5.49. The van der Waals surface area contributed by atoms with E-state index in [1.807, 2.05) is 57.6 Å². The van der Waals surface area contributed by atoms with Crippen LogP contribution in [-0.4, -0.2) is 80.6 Å². The number of hydrogen-bond donors (Lipinski definition) is 1. The van der Waals surface area contributed by atoms with Gasteiger partial charge in [-0.1, -0.05) is 150 Å². The van der Waals surface area contributed by atoms with E-state index in [-0.39, 0.29) is 42.7 Å². The molecule has 56 heavy (non-hydrogen) atoms. The van der Waals surface area contributed by atoms with E-state index in [9.17, 15) is 19.5 Å². The Morgan fingerprint density at radius 1 is 0.571 bits per heavy atom. The highest BCUT2D eigenvalue weighted by atomic mass is 16.6. The van der Waals surface area contributed by atoms with Crippen LogP contribution in [0, 0.1) is 0 Å². The molecule has 2 atom stereocenters. The van der Waals surface area contributed by atoms with E-state index in [4.69, 9.17) is 14.2 Å². The number of carbonyl (C=O) groups is 3. The molecule has 0 spiro atoms. The van der Waals surface area contributed by atoms with Crippen molar-refractivity contribution >= 4 is 17.9 Å². The van der Waals surface area contributed by atoms with Crippen LogP contribution in [0.4, 0.5) is 0 Å². The average molecular weight is 781 g/mol. The molecular formula is C48H78NO7+. The lowest BCUT2D eigenvalue weighted by molar-refractivity contribution is -0.887. The molecule has 1 N–H and O–H groups in total. The summed E-state index contributed by atoms with van der Waals surface area (Å²) in [5.41, 5.74) is 0. The van der Waals surface area contributed by atoms with Gasteiger partial charge >= 0.3 is 17.9 Å². The molecular weight excluding hydrogens is 703 g/mol. The number of allylic oxidation sites excluding steroid dienone is 16. The van der Waals surface area contributed by atoms with Gasteiger partial charge in [0.1, 0.15) is 6.61 Å². The summed E-state index contributed by atoms with van der Waals surface area (Å²) in [5.74, 6) is -1.55. The van der Waals surface area contributed by atoms with Crippen LogP contribution in [0.5, 0.6) is 0 Å². The van der Waals surface area contributed by atoms with Crippen molar-refractivity contribution in [1.29, 1.82) is 0 Å². The van der Waals surface area contributed by atoms with E-state index in [1.54, 1.807) is 0 Å². The molecule has 0 radical (unpaired) electrons. The third-order valence-corrected chi connectivity index (χ3v) is 8.83. The molecule has 316 valence electrons. The van der Waals surface area contributed by atoms with Crippen LogP contribution in [0.2, 0.25) is 0 Å². The molecule has 8 heteroatoms. The number of carboxylic acids is 1. The quantitative estimate of drug-likeness (QED) is 0.0222. The lowest BCUT2D eigenvalue weighted by Crippen LogP contribution is -2.50. The number of hydrogen-bond acceptors (Lipinski definition) is 6. The molecule has 0 rings (SSSR count). The maximum Gasteiger partial charge on any atom is 0.362 e. The fourth-order valence-corrected chi connectivity index (χ4v) is 5.55. The normalized spacial score (nSPS) is 13.9. The van der Waals surface area contributed by atoms with Crippen LogP contribution in [0.3, 0.4) is 0 Å². The van der Waals surface area contributed by atoms with Gasteiger partial charge in [-0.15, -0.1) is 0 Å². The number of unbranched alkanes of at least 4 members (excludes halogenated alkanes) is 10. The second-order valence-electron chi connectivity index (χ2n) is 15.0. The molecule has 0 aliphatic heterocycles. The second-order valence-corrected chi connectivity index (χ2v) is 15.0. The molecule has 0 aromatic heterocycles. The Morgan fingerprint density at radius 3 is 1.64 bits per heavy atom. The summed E-state index contributed by atoms with van der Waals surface area (Å²) in [6.07, 6.45) is 50.1. The van der Waals surface area contributed by atoms with E-state index in [2.05, 4.69) is 74.6 Å². The number of nitrogens with zero attached hydrogens (tertiary/aromatic N) is 1. The van der Waals surface area contributed by atoms with Gasteiger partial charge in [0.25, 0.3) is 0 Å². The number of likely N-dealkylation sites (N-methyl/N-ethyl adjacent to an activating group) is 1. The first-order valence-corrected chi connectivity index (χ1v) is 21.3. The molecule has 0 heterocycles. The van der Waals surface area contributed by atoms with Crippen LogP contribution in [0.15, 0.2) is 97.2 Å². The first-order chi connectivity index (χ1) is 27.1. The summed E-state index contributed by atoms with van der Waals surface area (Å²) in [5, 5.41) is 9.61. The summed E-state index contributed by atoms with van der Waals surface area (Å²) in [4.78, 5) is 36.9. The smallest absolute Gasteiger partial charge is 0.362 e. The van der Waals surface area contributed by atoms with Gasteiger partial charge in [0.15, 0.2) is 12.1 Å². The van der Waals surface area contributed by atoms with Crippen molar-refractivity contribution < 1.29 is 38.2 Å². The van der Waals surface area contributed by atoms with Crippen molar-refractivity contribution in [3.63, 3.8) is 0 Å². The molecule has 0 amide bonds. The molecule has 0 bridgehead atoms. The van der Waals surface area contributed by atoms with E-state index in [1.165, 1.54) is 6.42 Å². The Hall–Kier alpha value is -3.75. The fourth-order valence-electron chi connectivity index (χ4n) is 5.55. The monoisotopic (exact) mass is 781 g/mol. The van der Waals surface area contributed by atoms with Gasteiger partial charge in [-0.2, -0.15) is 0 Å². The first kappa shape index (κ1) is 52.2. The fraction of sp³-hybridized carbons (Fsp3) is 0.604. The minimum absolute atomic E-state index is 0.0362. The highest BCUT2D eigenvalue weighted by molar-refractivity contribution is 5.72. The topological polar surface area (TPSA) is 99.1 Å². The molecule has 0 saturated carbocycles. The number of aliphatic carboxylic acids is 1. The van der Waals surface area contributed by atoms with Crippen molar-refractivity contribution in [3.05, 3.63) is 97.2 Å². The van der Waals surface area contributed by atoms with E-state index >= 15 is 0 Å². The lowest BCUT2D eigenvalue weighted by Gasteiger charge is -2.31. The lowest BCUT2D eigenvalue weighted by atomic mass is 10.1. The average Bonchev–Trinajstić information content (AvgIpc) is 3.15. The zero-order chi connectivity index (χ0) is 41.4. The van der Waals surface area contributed by atoms with Gasteiger partial charge in [-0.3, -0.25) is 9.59 Å². The maximum atomic E-state index is 12.7. The summed E-state index contributed by atoms with van der Waals surface area (Å²) >= 11 is 0. The van der Waals surface area contributed by atoms with Crippen molar-refractivity contribution in [3.8, 4) is 0 Å². The predicted octanol–water partition coefficient (Wildman–Crippen LogP) is 11.5. The highest BCUT2D eigenvalue weighted by Gasteiger charge is 2.31. The Balaban J connectivity index is 4.49. The van der Waals surface area contributed by atoms with E-state index in [0.717, 1.165) is 96.3 Å². The molecule has 0 aromatic rings. The Labute approximate surface area is 341 Å². The van der Waals surface area contributed by atoms with E-state index < -0.39 is 18.1 Å². The Bertz CT molecular complexity index is 1230. The molecule has 0 aliphatic rings. The van der Waals surface area contributed by atoms with Crippen LogP contribution in [-0.2, 0) is 28.6 Å². The number of rotatable bonds is 36. The Kier molecular flexibility index (Phi) is 35.6. The first-order valence-electron chi connectivity index (χ1n) is 21.3. The Morgan fingerprint density at radius 2 is 1.07 bits per heavy atom. The van der Waals surface area contributed by atoms with Crippen molar-refractivity contribution in [2.24, 2.45) is 0 Å². The molecule has 0 aromatic carbocycles. The van der Waals surface area contributed by atoms with Gasteiger partial charge in [-0.05, 0) is 64.2 Å². The SMILES string of the molecule is CC/C=C/C/C=C/C/C=C/CCCCCCC(=O)OCC(COCCC(C(=O)O)[N+](C)(C)C)OC(=O)CCCCCCC/C=C/C=C/C=C/C=C/C=C/CCC. The zero-order valence-electron chi connectivity index (χ0n) is 35.8. The van der Waals surface area contributed by atoms with Crippen molar-refractivity contribution in [1.82, 2.24) is 0 Å². The van der Waals surface area contributed by atoms with Gasteiger partial charge in [0, 0.05) is 19.3 Å². The van der Waals surface area contributed by atoms with Gasteiger partial charge in [0.05, 0.1) is 34.4 Å².